The molecule has 2 N–H and O–H groups in total. The van der Waals surface area contributed by atoms with E-state index in [-0.39, 0.29) is 17.2 Å². The lowest BCUT2D eigenvalue weighted by molar-refractivity contribution is -0.137. The largest absolute Gasteiger partial charge is 0.421 e. The highest BCUT2D eigenvalue weighted by molar-refractivity contribution is 5.66. The van der Waals surface area contributed by atoms with Crippen molar-refractivity contribution in [2.24, 2.45) is 0 Å². The summed E-state index contributed by atoms with van der Waals surface area (Å²) in [6.45, 7) is 8.07. The van der Waals surface area contributed by atoms with Gasteiger partial charge in [-0.05, 0) is 41.2 Å². The summed E-state index contributed by atoms with van der Waals surface area (Å²) >= 11 is 0. The molecule has 0 aliphatic heterocycles. The highest BCUT2D eigenvalue weighted by Crippen LogP contribution is 2.37. The van der Waals surface area contributed by atoms with Gasteiger partial charge in [-0.15, -0.1) is 0 Å². The lowest BCUT2D eigenvalue weighted by Gasteiger charge is -2.24. The van der Waals surface area contributed by atoms with Crippen LogP contribution in [0.1, 0.15) is 44.4 Å². The van der Waals surface area contributed by atoms with Gasteiger partial charge in [-0.1, -0.05) is 58.0 Å². The molecule has 0 amide bonds. The summed E-state index contributed by atoms with van der Waals surface area (Å²) in [5, 5.41) is 5.86. The third-order valence-corrected chi connectivity index (χ3v) is 4.70. The lowest BCUT2D eigenvalue weighted by atomic mass is 9.86. The fourth-order valence-electron chi connectivity index (χ4n) is 3.07. The number of hydrogen-bond donors (Lipinski definition) is 2. The second-order valence-corrected chi connectivity index (χ2v) is 8.05. The number of nitrogens with one attached hydrogen (secondary N) is 2. The second-order valence-electron chi connectivity index (χ2n) is 8.05. The Bertz CT molecular complexity index is 1010. The first-order valence-corrected chi connectivity index (χ1v) is 9.74. The van der Waals surface area contributed by atoms with Gasteiger partial charge in [-0.2, -0.15) is 18.2 Å². The van der Waals surface area contributed by atoms with E-state index in [1.165, 1.54) is 0 Å². The molecule has 30 heavy (non-hydrogen) atoms. The van der Waals surface area contributed by atoms with Gasteiger partial charge in [0.15, 0.2) is 0 Å². The van der Waals surface area contributed by atoms with Crippen LogP contribution in [0.5, 0.6) is 0 Å². The molecule has 0 radical (unpaired) electrons. The number of nitrogens with zero attached hydrogens (tertiary/aromatic N) is 2. The van der Waals surface area contributed by atoms with E-state index in [4.69, 9.17) is 0 Å². The van der Waals surface area contributed by atoms with Gasteiger partial charge in [0.1, 0.15) is 11.4 Å². The standard InChI is InChI=1S/C23H25F3N4/c1-5-15-10-12-16(13-11-15)28-21-27-14-18(23(24,25)26)20(30-21)29-19-9-7-6-8-17(19)22(2,3)4/h6-14H,5H2,1-4H3,(H2,27,28,29,30). The smallest absolute Gasteiger partial charge is 0.339 e. The van der Waals surface area contributed by atoms with E-state index in [1.807, 2.05) is 57.2 Å². The number of aryl methyl sites for hydroxylation is 1. The molecule has 0 fully saturated rings. The topological polar surface area (TPSA) is 49.8 Å². The van der Waals surface area contributed by atoms with Crippen LogP contribution >= 0.6 is 0 Å². The molecule has 0 saturated carbocycles. The summed E-state index contributed by atoms with van der Waals surface area (Å²) in [6, 6.07) is 14.9. The van der Waals surface area contributed by atoms with Gasteiger partial charge in [-0.25, -0.2) is 4.98 Å². The Morgan fingerprint density at radius 2 is 1.53 bits per heavy atom. The molecule has 0 unspecified atom stereocenters. The quantitative estimate of drug-likeness (QED) is 0.480. The van der Waals surface area contributed by atoms with Crippen molar-refractivity contribution < 1.29 is 13.2 Å². The molecule has 0 bridgehead atoms. The van der Waals surface area contributed by atoms with E-state index in [0.29, 0.717) is 11.4 Å². The maximum absolute atomic E-state index is 13.6. The Morgan fingerprint density at radius 3 is 2.13 bits per heavy atom. The Hall–Kier alpha value is -3.09. The summed E-state index contributed by atoms with van der Waals surface area (Å²) < 4.78 is 40.8. The van der Waals surface area contributed by atoms with Crippen molar-refractivity contribution in [2.75, 3.05) is 10.6 Å². The maximum atomic E-state index is 13.6. The molecular weight excluding hydrogens is 389 g/mol. The van der Waals surface area contributed by atoms with Gasteiger partial charge in [0.25, 0.3) is 0 Å². The van der Waals surface area contributed by atoms with Gasteiger partial charge in [0.2, 0.25) is 5.95 Å². The lowest BCUT2D eigenvalue weighted by Crippen LogP contribution is -2.16. The van der Waals surface area contributed by atoms with Crippen LogP contribution < -0.4 is 10.6 Å². The Labute approximate surface area is 174 Å². The highest BCUT2D eigenvalue weighted by Gasteiger charge is 2.35. The summed E-state index contributed by atoms with van der Waals surface area (Å²) in [6.07, 6.45) is -2.88. The number of para-hydroxylation sites is 1. The molecule has 1 aromatic heterocycles. The first-order chi connectivity index (χ1) is 14.1. The maximum Gasteiger partial charge on any atom is 0.421 e. The third-order valence-electron chi connectivity index (χ3n) is 4.70. The minimum atomic E-state index is -4.58. The molecule has 3 aromatic rings. The summed E-state index contributed by atoms with van der Waals surface area (Å²) in [5.74, 6) is -0.204. The first-order valence-electron chi connectivity index (χ1n) is 9.74. The van der Waals surface area contributed by atoms with Crippen LogP contribution in [0.4, 0.5) is 36.3 Å². The number of aromatic nitrogens is 2. The molecule has 0 aliphatic rings. The van der Waals surface area contributed by atoms with E-state index in [2.05, 4.69) is 27.5 Å². The van der Waals surface area contributed by atoms with E-state index in [0.717, 1.165) is 23.7 Å². The number of benzene rings is 2. The van der Waals surface area contributed by atoms with Gasteiger partial charge >= 0.3 is 6.18 Å². The van der Waals surface area contributed by atoms with Crippen molar-refractivity contribution in [2.45, 2.75) is 45.7 Å². The van der Waals surface area contributed by atoms with Crippen LogP contribution in [0.2, 0.25) is 0 Å². The molecule has 158 valence electrons. The van der Waals surface area contributed by atoms with Crippen molar-refractivity contribution in [3.05, 3.63) is 71.4 Å². The zero-order valence-electron chi connectivity index (χ0n) is 17.4. The van der Waals surface area contributed by atoms with E-state index in [9.17, 15) is 13.2 Å². The zero-order chi connectivity index (χ0) is 21.9. The zero-order valence-corrected chi connectivity index (χ0v) is 17.4. The number of alkyl halides is 3. The van der Waals surface area contributed by atoms with Crippen molar-refractivity contribution in [1.82, 2.24) is 9.97 Å². The minimum absolute atomic E-state index is 0.0861. The van der Waals surface area contributed by atoms with Gasteiger partial charge in [-0.3, -0.25) is 0 Å². The van der Waals surface area contributed by atoms with E-state index >= 15 is 0 Å². The Morgan fingerprint density at radius 1 is 0.867 bits per heavy atom. The molecule has 3 rings (SSSR count). The predicted octanol–water partition coefficient (Wildman–Crippen LogP) is 6.84. The molecule has 1 heterocycles. The van der Waals surface area contributed by atoms with Crippen molar-refractivity contribution in [1.29, 1.82) is 0 Å². The third kappa shape index (κ3) is 5.09. The number of hydrogen-bond acceptors (Lipinski definition) is 4. The first kappa shape index (κ1) is 21.6. The molecule has 4 nitrogen and oxygen atoms in total. The van der Waals surface area contributed by atoms with Crippen LogP contribution in [0.3, 0.4) is 0 Å². The summed E-state index contributed by atoms with van der Waals surface area (Å²) in [7, 11) is 0. The van der Waals surface area contributed by atoms with Crippen LogP contribution in [-0.4, -0.2) is 9.97 Å². The average Bonchev–Trinajstić information content (AvgIpc) is 2.67. The molecule has 0 saturated heterocycles. The van der Waals surface area contributed by atoms with Crippen LogP contribution in [-0.2, 0) is 18.0 Å². The van der Waals surface area contributed by atoms with Gasteiger partial charge < -0.3 is 10.6 Å². The van der Waals surface area contributed by atoms with Gasteiger partial charge in [0, 0.05) is 17.6 Å². The van der Waals surface area contributed by atoms with Crippen molar-refractivity contribution in [3.8, 4) is 0 Å². The second kappa shape index (κ2) is 8.34. The number of anilines is 4. The molecule has 0 aliphatic carbocycles. The van der Waals surface area contributed by atoms with Crippen LogP contribution in [0.15, 0.2) is 54.7 Å². The Kier molecular flexibility index (Phi) is 6.01. The van der Waals surface area contributed by atoms with Gasteiger partial charge in [0.05, 0.1) is 0 Å². The highest BCUT2D eigenvalue weighted by atomic mass is 19.4. The molecule has 7 heteroatoms. The fourth-order valence-corrected chi connectivity index (χ4v) is 3.07. The Balaban J connectivity index is 1.98. The fraction of sp³-hybridized carbons (Fsp3) is 0.304. The van der Waals surface area contributed by atoms with E-state index < -0.39 is 11.7 Å². The molecular formula is C23H25F3N4. The summed E-state index contributed by atoms with van der Waals surface area (Å²) in [5.41, 5.74) is 2.16. The molecule has 2 aromatic carbocycles. The average molecular weight is 414 g/mol. The normalized spacial score (nSPS) is 12.0. The van der Waals surface area contributed by atoms with Crippen molar-refractivity contribution in [3.63, 3.8) is 0 Å². The number of rotatable bonds is 5. The minimum Gasteiger partial charge on any atom is -0.339 e. The van der Waals surface area contributed by atoms with Crippen LogP contribution in [0, 0.1) is 0 Å². The monoisotopic (exact) mass is 414 g/mol. The predicted molar refractivity (Wildman–Crippen MR) is 115 cm³/mol. The SMILES string of the molecule is CCc1ccc(Nc2ncc(C(F)(F)F)c(Nc3ccccc3C(C)(C)C)n2)cc1. The molecule has 0 atom stereocenters. The van der Waals surface area contributed by atoms with E-state index in [1.54, 1.807) is 12.1 Å². The van der Waals surface area contributed by atoms with Crippen molar-refractivity contribution >= 4 is 23.1 Å². The van der Waals surface area contributed by atoms with Crippen LogP contribution in [0.25, 0.3) is 0 Å². The number of halogens is 3. The summed E-state index contributed by atoms with van der Waals surface area (Å²) in [4.78, 5) is 8.02. The molecule has 0 spiro atoms.